The summed E-state index contributed by atoms with van der Waals surface area (Å²) < 4.78 is 6.51. The second kappa shape index (κ2) is 13.2. The topological polar surface area (TPSA) is 16.4 Å². The van der Waals surface area contributed by atoms with Crippen LogP contribution in [0.3, 0.4) is 0 Å². The molecular formula is C54H35NO. The molecular weight excluding hydrogens is 679 g/mol. The minimum atomic E-state index is 0.909. The highest BCUT2D eigenvalue weighted by molar-refractivity contribution is 6.15. The zero-order valence-electron chi connectivity index (χ0n) is 30.6. The maximum Gasteiger partial charge on any atom is 0.143 e. The molecule has 0 atom stereocenters. The Morgan fingerprint density at radius 2 is 0.804 bits per heavy atom. The fourth-order valence-corrected chi connectivity index (χ4v) is 8.35. The molecule has 0 saturated heterocycles. The number of anilines is 3. The van der Waals surface area contributed by atoms with Crippen molar-refractivity contribution < 1.29 is 4.42 Å². The molecule has 0 N–H and O–H groups in total. The Labute approximate surface area is 325 Å². The Morgan fingerprint density at radius 1 is 0.304 bits per heavy atom. The number of fused-ring (bicyclic) bond motifs is 7. The lowest BCUT2D eigenvalue weighted by Gasteiger charge is -2.28. The Hall–Kier alpha value is -7.42. The van der Waals surface area contributed by atoms with Crippen LogP contribution in [0.1, 0.15) is 0 Å². The predicted molar refractivity (Wildman–Crippen MR) is 237 cm³/mol. The first-order valence-electron chi connectivity index (χ1n) is 19.2. The van der Waals surface area contributed by atoms with E-state index in [1.54, 1.807) is 0 Å². The minimum Gasteiger partial charge on any atom is -0.455 e. The van der Waals surface area contributed by atoms with Crippen LogP contribution in [0.2, 0.25) is 0 Å². The molecule has 0 fully saturated rings. The van der Waals surface area contributed by atoms with Crippen molar-refractivity contribution in [1.29, 1.82) is 0 Å². The van der Waals surface area contributed by atoms with Crippen LogP contribution >= 0.6 is 0 Å². The predicted octanol–water partition coefficient (Wildman–Crippen LogP) is 15.5. The van der Waals surface area contributed by atoms with Crippen molar-refractivity contribution in [3.63, 3.8) is 0 Å². The van der Waals surface area contributed by atoms with Crippen LogP contribution < -0.4 is 4.90 Å². The van der Waals surface area contributed by atoms with E-state index >= 15 is 0 Å². The number of furan rings is 1. The van der Waals surface area contributed by atoms with Gasteiger partial charge in [-0.3, -0.25) is 0 Å². The van der Waals surface area contributed by atoms with Gasteiger partial charge in [-0.2, -0.15) is 0 Å². The van der Waals surface area contributed by atoms with E-state index in [1.807, 2.05) is 6.07 Å². The zero-order valence-corrected chi connectivity index (χ0v) is 30.6. The molecule has 11 rings (SSSR count). The maximum absolute atomic E-state index is 6.51. The van der Waals surface area contributed by atoms with Gasteiger partial charge in [-0.15, -0.1) is 0 Å². The molecule has 0 bridgehead atoms. The van der Waals surface area contributed by atoms with Crippen LogP contribution in [0.15, 0.2) is 217 Å². The molecule has 0 amide bonds. The fraction of sp³-hybridized carbons (Fsp3) is 0. The lowest BCUT2D eigenvalue weighted by Crippen LogP contribution is -2.11. The molecule has 0 saturated carbocycles. The monoisotopic (exact) mass is 713 g/mol. The minimum absolute atomic E-state index is 0.909. The highest BCUT2D eigenvalue weighted by Crippen LogP contribution is 2.43. The summed E-state index contributed by atoms with van der Waals surface area (Å²) in [6.07, 6.45) is 0. The van der Waals surface area contributed by atoms with E-state index in [4.69, 9.17) is 4.42 Å². The van der Waals surface area contributed by atoms with Crippen LogP contribution in [0, 0.1) is 0 Å². The van der Waals surface area contributed by atoms with Crippen LogP contribution in [0.25, 0.3) is 87.6 Å². The van der Waals surface area contributed by atoms with Crippen molar-refractivity contribution in [1.82, 2.24) is 0 Å². The Kier molecular flexibility index (Phi) is 7.53. The van der Waals surface area contributed by atoms with Gasteiger partial charge in [0.15, 0.2) is 0 Å². The molecule has 2 heteroatoms. The number of rotatable bonds is 6. The van der Waals surface area contributed by atoms with Crippen molar-refractivity contribution in [2.45, 2.75) is 0 Å². The van der Waals surface area contributed by atoms with Gasteiger partial charge in [0.25, 0.3) is 0 Å². The Morgan fingerprint density at radius 3 is 1.46 bits per heavy atom. The first-order valence-corrected chi connectivity index (χ1v) is 19.2. The van der Waals surface area contributed by atoms with Crippen molar-refractivity contribution in [2.24, 2.45) is 0 Å². The van der Waals surface area contributed by atoms with Crippen molar-refractivity contribution in [3.8, 4) is 33.4 Å². The molecule has 10 aromatic carbocycles. The highest BCUT2D eigenvalue weighted by Gasteiger charge is 2.19. The van der Waals surface area contributed by atoms with Crippen molar-refractivity contribution in [2.75, 3.05) is 4.90 Å². The average Bonchev–Trinajstić information content (AvgIpc) is 3.66. The number of nitrogens with zero attached hydrogens (tertiary/aromatic N) is 1. The van der Waals surface area contributed by atoms with E-state index in [0.717, 1.165) is 60.9 Å². The lowest BCUT2D eigenvalue weighted by molar-refractivity contribution is 0.672. The molecule has 1 heterocycles. The van der Waals surface area contributed by atoms with Gasteiger partial charge in [0.2, 0.25) is 0 Å². The molecule has 0 aliphatic heterocycles. The van der Waals surface area contributed by atoms with E-state index in [1.165, 1.54) is 43.8 Å². The summed E-state index contributed by atoms with van der Waals surface area (Å²) >= 11 is 0. The number of benzene rings is 10. The highest BCUT2D eigenvalue weighted by atomic mass is 16.3. The SMILES string of the molecule is c1ccc(N(c2ccc(-c3ccc4ccccc4c3)cc2)c2ccc(-c3ccc4ccccc4c3)cc2)c(-c2ccc3ccc4c5ccccc5oc4c3c2)c1. The molecule has 1 aromatic heterocycles. The van der Waals surface area contributed by atoms with Gasteiger partial charge < -0.3 is 9.32 Å². The molecule has 0 unspecified atom stereocenters. The van der Waals surface area contributed by atoms with Crippen LogP contribution in [0.5, 0.6) is 0 Å². The molecule has 11 aromatic rings. The molecule has 0 radical (unpaired) electrons. The normalized spacial score (nSPS) is 11.6. The summed E-state index contributed by atoms with van der Waals surface area (Å²) in [5.41, 5.74) is 12.1. The summed E-state index contributed by atoms with van der Waals surface area (Å²) in [6.45, 7) is 0. The first-order chi connectivity index (χ1) is 27.7. The molecule has 262 valence electrons. The van der Waals surface area contributed by atoms with Crippen molar-refractivity contribution >= 4 is 71.3 Å². The third-order valence-electron chi connectivity index (χ3n) is 11.2. The molecule has 0 aliphatic carbocycles. The largest absolute Gasteiger partial charge is 0.455 e. The van der Waals surface area contributed by atoms with E-state index < -0.39 is 0 Å². The summed E-state index contributed by atoms with van der Waals surface area (Å²) in [5.74, 6) is 0. The van der Waals surface area contributed by atoms with E-state index in [9.17, 15) is 0 Å². The number of hydrogen-bond acceptors (Lipinski definition) is 2. The smallest absolute Gasteiger partial charge is 0.143 e. The quantitative estimate of drug-likeness (QED) is 0.171. The molecule has 0 spiro atoms. The van der Waals surface area contributed by atoms with E-state index in [2.05, 4.69) is 211 Å². The van der Waals surface area contributed by atoms with E-state index in [0.29, 0.717) is 0 Å². The summed E-state index contributed by atoms with van der Waals surface area (Å²) in [7, 11) is 0. The summed E-state index contributed by atoms with van der Waals surface area (Å²) in [6, 6.07) is 76.6. The number of para-hydroxylation sites is 2. The van der Waals surface area contributed by atoms with Gasteiger partial charge >= 0.3 is 0 Å². The van der Waals surface area contributed by atoms with Gasteiger partial charge in [-0.05, 0) is 115 Å². The van der Waals surface area contributed by atoms with Gasteiger partial charge in [0.1, 0.15) is 11.2 Å². The summed E-state index contributed by atoms with van der Waals surface area (Å²) in [5, 5.41) is 9.52. The lowest BCUT2D eigenvalue weighted by atomic mass is 9.97. The third-order valence-corrected chi connectivity index (χ3v) is 11.2. The van der Waals surface area contributed by atoms with Crippen LogP contribution in [0.4, 0.5) is 17.1 Å². The number of hydrogen-bond donors (Lipinski definition) is 0. The second-order valence-corrected chi connectivity index (χ2v) is 14.5. The Balaban J connectivity index is 1.05. The molecule has 0 aliphatic rings. The maximum atomic E-state index is 6.51. The summed E-state index contributed by atoms with van der Waals surface area (Å²) in [4.78, 5) is 2.38. The van der Waals surface area contributed by atoms with E-state index in [-0.39, 0.29) is 0 Å². The van der Waals surface area contributed by atoms with Gasteiger partial charge in [0.05, 0.1) is 5.69 Å². The third kappa shape index (κ3) is 5.51. The second-order valence-electron chi connectivity index (χ2n) is 14.5. The van der Waals surface area contributed by atoms with Gasteiger partial charge in [-0.25, -0.2) is 0 Å². The molecule has 56 heavy (non-hydrogen) atoms. The Bertz CT molecular complexity index is 3120. The fourth-order valence-electron chi connectivity index (χ4n) is 8.35. The first kappa shape index (κ1) is 32.0. The molecule has 2 nitrogen and oxygen atoms in total. The zero-order chi connectivity index (χ0) is 37.0. The van der Waals surface area contributed by atoms with Crippen molar-refractivity contribution in [3.05, 3.63) is 212 Å². The van der Waals surface area contributed by atoms with Crippen LogP contribution in [-0.4, -0.2) is 0 Å². The van der Waals surface area contributed by atoms with Gasteiger partial charge in [-0.1, -0.05) is 152 Å². The standard InChI is InChI=1S/C54H35NO/c1-3-11-41-33-43(20-17-36(41)9-1)38-23-28-46(29-24-38)55(47-30-25-39(26-31-47)44-21-18-37-10-2-4-12-42(37)34-44)52-15-7-5-13-48(52)45-22-19-40-27-32-50-49-14-6-8-16-53(49)56-54(50)51(40)35-45/h1-35H. The van der Waals surface area contributed by atoms with Crippen LogP contribution in [-0.2, 0) is 0 Å². The van der Waals surface area contributed by atoms with Gasteiger partial charge in [0, 0.05) is 33.1 Å². The average molecular weight is 714 g/mol.